The summed E-state index contributed by atoms with van der Waals surface area (Å²) in [5, 5.41) is 0. The first kappa shape index (κ1) is 13.8. The summed E-state index contributed by atoms with van der Waals surface area (Å²) >= 11 is 0. The number of hydrogen-bond donors (Lipinski definition) is 1. The quantitative estimate of drug-likeness (QED) is 0.680. The topological polar surface area (TPSA) is 69.4 Å². The molecule has 0 fully saturated rings. The highest BCUT2D eigenvalue weighted by molar-refractivity contribution is 6.31. The fraction of sp³-hybridized carbons (Fsp3) is 0.125. The van der Waals surface area contributed by atoms with Crippen molar-refractivity contribution in [3.8, 4) is 0 Å². The molecule has 2 aromatic carbocycles. The molecule has 0 radical (unpaired) electrons. The van der Waals surface area contributed by atoms with Crippen molar-refractivity contribution in [2.45, 2.75) is 5.92 Å². The number of carbonyl (C=O) groups is 2. The van der Waals surface area contributed by atoms with Crippen LogP contribution in [0.3, 0.4) is 0 Å². The second kappa shape index (κ2) is 6.52. The maximum atomic E-state index is 11.2. The summed E-state index contributed by atoms with van der Waals surface area (Å²) < 4.78 is 4.96. The van der Waals surface area contributed by atoms with Crippen LogP contribution in [0.1, 0.15) is 17.0 Å². The number of benzene rings is 2. The number of hydrogen-bond acceptors (Lipinski definition) is 3. The average Bonchev–Trinajstić information content (AvgIpc) is 2.49. The number of nitrogens with two attached hydrogens (primary N) is 1. The lowest BCUT2D eigenvalue weighted by atomic mass is 9.92. The van der Waals surface area contributed by atoms with Gasteiger partial charge in [0.2, 0.25) is 0 Å². The van der Waals surface area contributed by atoms with Gasteiger partial charge in [-0.15, -0.1) is 0 Å². The Kier molecular flexibility index (Phi) is 4.50. The molecule has 0 aliphatic rings. The Morgan fingerprint density at radius 2 is 1.35 bits per heavy atom. The number of rotatable bonds is 4. The van der Waals surface area contributed by atoms with Gasteiger partial charge in [0, 0.05) is 5.92 Å². The Bertz CT molecular complexity index is 542. The lowest BCUT2D eigenvalue weighted by Crippen LogP contribution is -2.27. The normalized spacial score (nSPS) is 10.2. The van der Waals surface area contributed by atoms with Crippen molar-refractivity contribution in [3.05, 3.63) is 71.8 Å². The molecule has 4 nitrogen and oxygen atoms in total. The number of ether oxygens (including phenoxy) is 1. The molecular formula is C16H15NO3. The first-order valence-electron chi connectivity index (χ1n) is 6.25. The molecular weight excluding hydrogens is 254 g/mol. The maximum absolute atomic E-state index is 11.2. The highest BCUT2D eigenvalue weighted by Crippen LogP contribution is 2.24. The molecule has 0 atom stereocenters. The van der Waals surface area contributed by atoms with Crippen LogP contribution in [0.2, 0.25) is 0 Å². The molecule has 0 aliphatic carbocycles. The summed E-state index contributed by atoms with van der Waals surface area (Å²) in [7, 11) is 0. The van der Waals surface area contributed by atoms with Crippen molar-refractivity contribution in [1.29, 1.82) is 0 Å². The molecule has 2 aromatic rings. The molecule has 0 aliphatic heterocycles. The Hall–Kier alpha value is -2.62. The van der Waals surface area contributed by atoms with Crippen LogP contribution in [0.25, 0.3) is 0 Å². The molecule has 0 unspecified atom stereocenters. The van der Waals surface area contributed by atoms with Gasteiger partial charge < -0.3 is 10.5 Å². The van der Waals surface area contributed by atoms with Crippen molar-refractivity contribution >= 4 is 11.9 Å². The minimum atomic E-state index is -1.08. The second-order valence-corrected chi connectivity index (χ2v) is 4.34. The summed E-state index contributed by atoms with van der Waals surface area (Å²) in [6.07, 6.45) is 0. The monoisotopic (exact) mass is 269 g/mol. The van der Waals surface area contributed by atoms with Gasteiger partial charge in [0.25, 0.3) is 0 Å². The van der Waals surface area contributed by atoms with Gasteiger partial charge >= 0.3 is 11.9 Å². The van der Waals surface area contributed by atoms with Crippen molar-refractivity contribution in [3.63, 3.8) is 0 Å². The Morgan fingerprint density at radius 3 is 1.75 bits per heavy atom. The van der Waals surface area contributed by atoms with Crippen LogP contribution in [0.5, 0.6) is 0 Å². The average molecular weight is 269 g/mol. The summed E-state index contributed by atoms with van der Waals surface area (Å²) in [6, 6.07) is 19.3. The fourth-order valence-electron chi connectivity index (χ4n) is 1.99. The predicted octanol–water partition coefficient (Wildman–Crippen LogP) is 1.85. The van der Waals surface area contributed by atoms with Crippen LogP contribution in [-0.2, 0) is 14.3 Å². The van der Waals surface area contributed by atoms with E-state index in [4.69, 9.17) is 10.5 Å². The summed E-state index contributed by atoms with van der Waals surface area (Å²) in [5.74, 6) is -2.22. The van der Waals surface area contributed by atoms with E-state index in [-0.39, 0.29) is 12.5 Å². The van der Waals surface area contributed by atoms with Crippen molar-refractivity contribution in [2.75, 3.05) is 6.61 Å². The van der Waals surface area contributed by atoms with Gasteiger partial charge in [-0.1, -0.05) is 60.7 Å². The van der Waals surface area contributed by atoms with Crippen molar-refractivity contribution < 1.29 is 14.3 Å². The summed E-state index contributed by atoms with van der Waals surface area (Å²) in [6.45, 7) is 0.0792. The predicted molar refractivity (Wildman–Crippen MR) is 74.9 cm³/mol. The van der Waals surface area contributed by atoms with E-state index >= 15 is 0 Å². The van der Waals surface area contributed by atoms with Gasteiger partial charge in [-0.25, -0.2) is 4.79 Å². The first-order chi connectivity index (χ1) is 9.68. The van der Waals surface area contributed by atoms with E-state index in [1.807, 2.05) is 60.7 Å². The molecule has 0 aromatic heterocycles. The van der Waals surface area contributed by atoms with Crippen molar-refractivity contribution in [1.82, 2.24) is 0 Å². The van der Waals surface area contributed by atoms with Gasteiger partial charge in [-0.3, -0.25) is 4.79 Å². The van der Waals surface area contributed by atoms with Crippen LogP contribution in [-0.4, -0.2) is 18.5 Å². The molecule has 0 heterocycles. The summed E-state index contributed by atoms with van der Waals surface area (Å²) in [5.41, 5.74) is 6.91. The van der Waals surface area contributed by atoms with Crippen LogP contribution in [0, 0.1) is 0 Å². The SMILES string of the molecule is NC(=O)C(=O)OCC(c1ccccc1)c1ccccc1. The number of carbonyl (C=O) groups excluding carboxylic acids is 2. The first-order valence-corrected chi connectivity index (χ1v) is 6.25. The van der Waals surface area contributed by atoms with Gasteiger partial charge in [0.1, 0.15) is 6.61 Å². The molecule has 2 rings (SSSR count). The van der Waals surface area contributed by atoms with E-state index in [0.717, 1.165) is 11.1 Å². The molecule has 102 valence electrons. The third kappa shape index (κ3) is 3.45. The van der Waals surface area contributed by atoms with E-state index in [1.54, 1.807) is 0 Å². The smallest absolute Gasteiger partial charge is 0.396 e. The molecule has 1 amide bonds. The molecule has 0 saturated heterocycles. The van der Waals surface area contributed by atoms with Crippen LogP contribution >= 0.6 is 0 Å². The lowest BCUT2D eigenvalue weighted by molar-refractivity contribution is -0.153. The minimum absolute atomic E-state index is 0.0792. The molecule has 0 spiro atoms. The Balaban J connectivity index is 2.22. The molecule has 0 saturated carbocycles. The number of primary amides is 1. The van der Waals surface area contributed by atoms with E-state index in [2.05, 4.69) is 0 Å². The maximum Gasteiger partial charge on any atom is 0.396 e. The highest BCUT2D eigenvalue weighted by atomic mass is 16.5. The summed E-state index contributed by atoms with van der Waals surface area (Å²) in [4.78, 5) is 21.9. The van der Waals surface area contributed by atoms with Crippen LogP contribution in [0.4, 0.5) is 0 Å². The van der Waals surface area contributed by atoms with Gasteiger partial charge in [-0.2, -0.15) is 0 Å². The fourth-order valence-corrected chi connectivity index (χ4v) is 1.99. The largest absolute Gasteiger partial charge is 0.458 e. The van der Waals surface area contributed by atoms with E-state index in [0.29, 0.717) is 0 Å². The van der Waals surface area contributed by atoms with Gasteiger partial charge in [-0.05, 0) is 11.1 Å². The van der Waals surface area contributed by atoms with E-state index in [9.17, 15) is 9.59 Å². The van der Waals surface area contributed by atoms with Crippen molar-refractivity contribution in [2.24, 2.45) is 5.73 Å². The second-order valence-electron chi connectivity index (χ2n) is 4.34. The molecule has 0 bridgehead atoms. The van der Waals surface area contributed by atoms with Gasteiger partial charge in [0.15, 0.2) is 0 Å². The van der Waals surface area contributed by atoms with E-state index < -0.39 is 11.9 Å². The zero-order valence-electron chi connectivity index (χ0n) is 10.9. The molecule has 20 heavy (non-hydrogen) atoms. The van der Waals surface area contributed by atoms with E-state index in [1.165, 1.54) is 0 Å². The Labute approximate surface area is 117 Å². The zero-order valence-corrected chi connectivity index (χ0v) is 10.9. The standard InChI is InChI=1S/C16H15NO3/c17-15(18)16(19)20-11-14(12-7-3-1-4-8-12)13-9-5-2-6-10-13/h1-10,14H,11H2,(H2,17,18). The minimum Gasteiger partial charge on any atom is -0.458 e. The van der Waals surface area contributed by atoms with Crippen LogP contribution in [0.15, 0.2) is 60.7 Å². The third-order valence-electron chi connectivity index (χ3n) is 2.99. The van der Waals surface area contributed by atoms with Crippen LogP contribution < -0.4 is 5.73 Å². The third-order valence-corrected chi connectivity index (χ3v) is 2.99. The number of amides is 1. The molecule has 2 N–H and O–H groups in total. The lowest BCUT2D eigenvalue weighted by Gasteiger charge is -2.17. The molecule has 4 heteroatoms. The zero-order chi connectivity index (χ0) is 14.4. The number of esters is 1. The Morgan fingerprint density at radius 1 is 0.900 bits per heavy atom. The highest BCUT2D eigenvalue weighted by Gasteiger charge is 2.18. The van der Waals surface area contributed by atoms with Gasteiger partial charge in [0.05, 0.1) is 0 Å².